The highest BCUT2D eigenvalue weighted by molar-refractivity contribution is 5.18. The van der Waals surface area contributed by atoms with Gasteiger partial charge in [-0.25, -0.2) is 4.39 Å². The summed E-state index contributed by atoms with van der Waals surface area (Å²) in [6.45, 7) is 7.65. The van der Waals surface area contributed by atoms with Gasteiger partial charge in [0.25, 0.3) is 0 Å². The number of hydrogen-bond acceptors (Lipinski definition) is 3. The van der Waals surface area contributed by atoms with Gasteiger partial charge in [-0.3, -0.25) is 4.90 Å². The highest BCUT2D eigenvalue weighted by atomic mass is 19.1. The number of hydrogen-bond donors (Lipinski definition) is 0. The predicted octanol–water partition coefficient (Wildman–Crippen LogP) is 2.51. The van der Waals surface area contributed by atoms with Crippen molar-refractivity contribution in [1.82, 2.24) is 9.80 Å². The van der Waals surface area contributed by atoms with E-state index in [-0.39, 0.29) is 5.82 Å². The fourth-order valence-electron chi connectivity index (χ4n) is 4.29. The number of nitrogens with zero attached hydrogens (tertiary/aromatic N) is 2. The minimum absolute atomic E-state index is 0.145. The van der Waals surface area contributed by atoms with Crippen LogP contribution in [-0.2, 0) is 11.3 Å². The Morgan fingerprint density at radius 1 is 1.18 bits per heavy atom. The van der Waals surface area contributed by atoms with Gasteiger partial charge in [-0.2, -0.15) is 0 Å². The molecule has 0 radical (unpaired) electrons. The van der Waals surface area contributed by atoms with Gasteiger partial charge in [0.05, 0.1) is 6.61 Å². The fourth-order valence-corrected chi connectivity index (χ4v) is 4.29. The van der Waals surface area contributed by atoms with Gasteiger partial charge in [0.2, 0.25) is 0 Å². The molecular weight excluding hydrogens is 279 g/mol. The molecule has 1 aromatic carbocycles. The molecule has 0 N–H and O–H groups in total. The molecule has 3 heterocycles. The van der Waals surface area contributed by atoms with Crippen LogP contribution >= 0.6 is 0 Å². The van der Waals surface area contributed by atoms with Crippen molar-refractivity contribution < 1.29 is 9.13 Å². The molecule has 4 heteroatoms. The van der Waals surface area contributed by atoms with Crippen LogP contribution in [0.5, 0.6) is 0 Å². The van der Waals surface area contributed by atoms with E-state index < -0.39 is 0 Å². The number of halogens is 1. The lowest BCUT2D eigenvalue weighted by Crippen LogP contribution is -2.60. The van der Waals surface area contributed by atoms with E-state index in [1.165, 1.54) is 51.0 Å². The number of benzene rings is 1. The van der Waals surface area contributed by atoms with Gasteiger partial charge < -0.3 is 9.64 Å². The van der Waals surface area contributed by atoms with Crippen molar-refractivity contribution in [2.45, 2.75) is 31.3 Å². The summed E-state index contributed by atoms with van der Waals surface area (Å²) in [5.74, 6) is 0.591. The molecule has 22 heavy (non-hydrogen) atoms. The normalized spacial score (nSPS) is 32.7. The average Bonchev–Trinajstić information content (AvgIpc) is 3.17. The minimum Gasteiger partial charge on any atom is -0.381 e. The summed E-state index contributed by atoms with van der Waals surface area (Å²) < 4.78 is 18.5. The number of rotatable bonds is 4. The molecule has 120 valence electrons. The Morgan fingerprint density at radius 3 is 2.68 bits per heavy atom. The summed E-state index contributed by atoms with van der Waals surface area (Å²) in [5, 5.41) is 0. The number of ether oxygens (including phenoxy) is 1. The summed E-state index contributed by atoms with van der Waals surface area (Å²) in [7, 11) is 0. The summed E-state index contributed by atoms with van der Waals surface area (Å²) in [6.07, 6.45) is 3.82. The van der Waals surface area contributed by atoms with E-state index in [2.05, 4.69) is 9.80 Å². The molecule has 0 amide bonds. The molecule has 1 aromatic rings. The molecule has 0 aromatic heterocycles. The number of likely N-dealkylation sites (tertiary alicyclic amines) is 2. The van der Waals surface area contributed by atoms with Gasteiger partial charge in [-0.1, -0.05) is 12.1 Å². The van der Waals surface area contributed by atoms with Crippen LogP contribution in [0, 0.1) is 11.7 Å². The van der Waals surface area contributed by atoms with Crippen molar-refractivity contribution in [3.63, 3.8) is 0 Å². The zero-order valence-electron chi connectivity index (χ0n) is 13.1. The van der Waals surface area contributed by atoms with Crippen molar-refractivity contribution in [1.29, 1.82) is 0 Å². The Bertz CT molecular complexity index is 514. The molecule has 3 saturated heterocycles. The van der Waals surface area contributed by atoms with Gasteiger partial charge >= 0.3 is 0 Å². The van der Waals surface area contributed by atoms with E-state index in [1.54, 1.807) is 12.1 Å². The van der Waals surface area contributed by atoms with E-state index in [9.17, 15) is 4.39 Å². The Labute approximate surface area is 132 Å². The van der Waals surface area contributed by atoms with E-state index in [1.807, 2.05) is 12.1 Å². The SMILES string of the molecule is Fc1ccc(CN2CCC23CCN(CC2CCOC2)C3)cc1. The maximum Gasteiger partial charge on any atom is 0.123 e. The second-order valence-electron chi connectivity index (χ2n) is 7.24. The first-order chi connectivity index (χ1) is 10.7. The maximum atomic E-state index is 13.0. The third kappa shape index (κ3) is 2.80. The molecule has 2 atom stereocenters. The van der Waals surface area contributed by atoms with E-state index >= 15 is 0 Å². The van der Waals surface area contributed by atoms with Gasteiger partial charge in [-0.15, -0.1) is 0 Å². The molecule has 3 fully saturated rings. The Kier molecular flexibility index (Phi) is 3.93. The second kappa shape index (κ2) is 5.91. The Hall–Kier alpha value is -0.970. The van der Waals surface area contributed by atoms with Gasteiger partial charge in [0, 0.05) is 44.9 Å². The molecule has 2 unspecified atom stereocenters. The molecule has 0 saturated carbocycles. The van der Waals surface area contributed by atoms with E-state index in [0.717, 1.165) is 25.7 Å². The van der Waals surface area contributed by atoms with Gasteiger partial charge in [0.1, 0.15) is 5.82 Å². The first-order valence-corrected chi connectivity index (χ1v) is 8.53. The predicted molar refractivity (Wildman–Crippen MR) is 84.1 cm³/mol. The van der Waals surface area contributed by atoms with Crippen LogP contribution < -0.4 is 0 Å². The van der Waals surface area contributed by atoms with Crippen LogP contribution in [0.2, 0.25) is 0 Å². The third-order valence-electron chi connectivity index (χ3n) is 5.76. The van der Waals surface area contributed by atoms with Crippen LogP contribution in [0.25, 0.3) is 0 Å². The van der Waals surface area contributed by atoms with Crippen LogP contribution in [-0.4, -0.2) is 54.7 Å². The highest BCUT2D eigenvalue weighted by Gasteiger charge is 2.48. The van der Waals surface area contributed by atoms with Gasteiger partial charge in [0.15, 0.2) is 0 Å². The lowest BCUT2D eigenvalue weighted by molar-refractivity contribution is -0.0150. The largest absolute Gasteiger partial charge is 0.381 e. The molecule has 3 aliphatic heterocycles. The monoisotopic (exact) mass is 304 g/mol. The smallest absolute Gasteiger partial charge is 0.123 e. The zero-order chi connectivity index (χ0) is 15.0. The fraction of sp³-hybridized carbons (Fsp3) is 0.667. The van der Waals surface area contributed by atoms with Crippen LogP contribution in [0.3, 0.4) is 0 Å². The van der Waals surface area contributed by atoms with Crippen molar-refractivity contribution in [2.24, 2.45) is 5.92 Å². The average molecular weight is 304 g/mol. The van der Waals surface area contributed by atoms with Crippen molar-refractivity contribution in [3.8, 4) is 0 Å². The zero-order valence-corrected chi connectivity index (χ0v) is 13.1. The molecule has 0 aliphatic carbocycles. The summed E-state index contributed by atoms with van der Waals surface area (Å²) in [5.41, 5.74) is 1.61. The van der Waals surface area contributed by atoms with Crippen molar-refractivity contribution >= 4 is 0 Å². The quantitative estimate of drug-likeness (QED) is 0.850. The van der Waals surface area contributed by atoms with Crippen molar-refractivity contribution in [3.05, 3.63) is 35.6 Å². The minimum atomic E-state index is -0.145. The van der Waals surface area contributed by atoms with Crippen LogP contribution in [0.1, 0.15) is 24.8 Å². The van der Waals surface area contributed by atoms with Gasteiger partial charge in [-0.05, 0) is 42.9 Å². The van der Waals surface area contributed by atoms with Crippen molar-refractivity contribution in [2.75, 3.05) is 39.4 Å². The van der Waals surface area contributed by atoms with Crippen LogP contribution in [0.4, 0.5) is 4.39 Å². The highest BCUT2D eigenvalue weighted by Crippen LogP contribution is 2.40. The maximum absolute atomic E-state index is 13.0. The lowest BCUT2D eigenvalue weighted by Gasteiger charge is -2.51. The standard InChI is InChI=1S/C18H25FN2O/c19-17-3-1-15(2-4-17)12-21-9-7-18(21)6-8-20(14-18)11-16-5-10-22-13-16/h1-4,16H,5-14H2. The summed E-state index contributed by atoms with van der Waals surface area (Å²) in [4.78, 5) is 5.24. The third-order valence-corrected chi connectivity index (χ3v) is 5.76. The summed E-state index contributed by atoms with van der Waals surface area (Å²) >= 11 is 0. The molecule has 4 rings (SSSR count). The second-order valence-corrected chi connectivity index (χ2v) is 7.24. The Morgan fingerprint density at radius 2 is 2.00 bits per heavy atom. The van der Waals surface area contributed by atoms with Crippen LogP contribution in [0.15, 0.2) is 24.3 Å². The first kappa shape index (κ1) is 14.6. The topological polar surface area (TPSA) is 15.7 Å². The van der Waals surface area contributed by atoms with E-state index in [0.29, 0.717) is 5.54 Å². The first-order valence-electron chi connectivity index (χ1n) is 8.53. The lowest BCUT2D eigenvalue weighted by atomic mass is 9.83. The van der Waals surface area contributed by atoms with E-state index in [4.69, 9.17) is 4.74 Å². The molecular formula is C18H25FN2O. The summed E-state index contributed by atoms with van der Waals surface area (Å²) in [6, 6.07) is 6.99. The molecule has 0 bridgehead atoms. The Balaban J connectivity index is 1.35. The molecule has 1 spiro atoms. The molecule has 3 aliphatic rings. The molecule has 3 nitrogen and oxygen atoms in total.